The van der Waals surface area contributed by atoms with E-state index in [9.17, 15) is 4.79 Å². The lowest BCUT2D eigenvalue weighted by Crippen LogP contribution is -2.29. The molecule has 29 heavy (non-hydrogen) atoms. The van der Waals surface area contributed by atoms with Gasteiger partial charge in [0.1, 0.15) is 12.4 Å². The summed E-state index contributed by atoms with van der Waals surface area (Å²) in [6.07, 6.45) is 3.06. The van der Waals surface area contributed by atoms with Crippen LogP contribution in [0, 0.1) is 5.92 Å². The number of primary amides is 1. The predicted molar refractivity (Wildman–Crippen MR) is 108 cm³/mol. The van der Waals surface area contributed by atoms with E-state index in [1.165, 1.54) is 6.20 Å². The van der Waals surface area contributed by atoms with Gasteiger partial charge < -0.3 is 25.5 Å². The number of aromatic nitrogens is 2. The van der Waals surface area contributed by atoms with Gasteiger partial charge in [0, 0.05) is 24.4 Å². The van der Waals surface area contributed by atoms with Crippen LogP contribution in [0.15, 0.2) is 53.3 Å². The summed E-state index contributed by atoms with van der Waals surface area (Å²) in [7, 11) is 0. The Labute approximate surface area is 168 Å². The first-order valence-electron chi connectivity index (χ1n) is 9.29. The second-order valence-corrected chi connectivity index (χ2v) is 7.09. The van der Waals surface area contributed by atoms with Gasteiger partial charge in [-0.3, -0.25) is 0 Å². The largest absolute Gasteiger partial charge is 0.491 e. The minimum absolute atomic E-state index is 0.0639. The number of nitrogens with zero attached hydrogens (tertiary/aromatic N) is 2. The van der Waals surface area contributed by atoms with Gasteiger partial charge in [0.25, 0.3) is 0 Å². The maximum absolute atomic E-state index is 11.0. The summed E-state index contributed by atoms with van der Waals surface area (Å²) >= 11 is 0. The van der Waals surface area contributed by atoms with Gasteiger partial charge in [-0.1, -0.05) is 25.1 Å². The fourth-order valence-corrected chi connectivity index (χ4v) is 3.00. The number of hydrogen-bond donors (Lipinski definition) is 2. The van der Waals surface area contributed by atoms with E-state index in [0.717, 1.165) is 23.1 Å². The number of amides is 1. The molecule has 0 radical (unpaired) electrons. The van der Waals surface area contributed by atoms with E-state index in [4.69, 9.17) is 25.5 Å². The first kappa shape index (κ1) is 20.3. The van der Waals surface area contributed by atoms with E-state index in [1.54, 1.807) is 24.4 Å². The summed E-state index contributed by atoms with van der Waals surface area (Å²) in [6.45, 7) is 4.64. The van der Waals surface area contributed by atoms with E-state index in [0.29, 0.717) is 24.0 Å². The first-order chi connectivity index (χ1) is 13.9. The quantitative estimate of drug-likeness (QED) is 0.595. The lowest BCUT2D eigenvalue weighted by atomic mass is 10.0. The van der Waals surface area contributed by atoms with Gasteiger partial charge in [-0.2, -0.15) is 0 Å². The van der Waals surface area contributed by atoms with Crippen molar-refractivity contribution < 1.29 is 18.8 Å². The summed E-state index contributed by atoms with van der Waals surface area (Å²) in [6, 6.07) is 10.8. The molecule has 0 bridgehead atoms. The Hall–Kier alpha value is -3.39. The van der Waals surface area contributed by atoms with Crippen LogP contribution >= 0.6 is 0 Å². The number of ether oxygens (including phenoxy) is 2. The summed E-state index contributed by atoms with van der Waals surface area (Å²) in [5.74, 6) is 1.83. The maximum atomic E-state index is 11.0. The highest BCUT2D eigenvalue weighted by Crippen LogP contribution is 2.35. The molecule has 0 spiro atoms. The molecule has 0 saturated carbocycles. The zero-order valence-electron chi connectivity index (χ0n) is 16.4. The van der Waals surface area contributed by atoms with Crippen LogP contribution in [0.1, 0.15) is 20.3 Å². The van der Waals surface area contributed by atoms with Crippen molar-refractivity contribution in [2.24, 2.45) is 17.4 Å². The molecule has 8 heteroatoms. The zero-order valence-corrected chi connectivity index (χ0v) is 16.4. The van der Waals surface area contributed by atoms with Crippen molar-refractivity contribution in [3.63, 3.8) is 0 Å². The molecule has 8 nitrogen and oxygen atoms in total. The highest BCUT2D eigenvalue weighted by atomic mass is 16.6. The first-order valence-corrected chi connectivity index (χ1v) is 9.29. The summed E-state index contributed by atoms with van der Waals surface area (Å²) in [4.78, 5) is 15.0. The van der Waals surface area contributed by atoms with E-state index >= 15 is 0 Å². The average molecular weight is 396 g/mol. The van der Waals surface area contributed by atoms with Gasteiger partial charge in [-0.15, -0.1) is 0 Å². The Morgan fingerprint density at radius 3 is 2.62 bits per heavy atom. The minimum atomic E-state index is -0.918. The monoisotopic (exact) mass is 396 g/mol. The SMILES string of the molecule is CC(C)C[C@H](N)COc1ccc(-c2ccnc(OC(N)=O)c2)cc1-c1ccno1. The molecule has 0 aliphatic rings. The molecule has 1 amide bonds. The Kier molecular flexibility index (Phi) is 6.46. The van der Waals surface area contributed by atoms with Crippen molar-refractivity contribution >= 4 is 6.09 Å². The van der Waals surface area contributed by atoms with E-state index in [-0.39, 0.29) is 11.9 Å². The minimum Gasteiger partial charge on any atom is -0.491 e. The lowest BCUT2D eigenvalue weighted by molar-refractivity contribution is 0.209. The van der Waals surface area contributed by atoms with Crippen molar-refractivity contribution in [2.75, 3.05) is 6.61 Å². The van der Waals surface area contributed by atoms with Gasteiger partial charge in [0.15, 0.2) is 5.76 Å². The molecule has 2 heterocycles. The van der Waals surface area contributed by atoms with Crippen molar-refractivity contribution in [1.29, 1.82) is 0 Å². The zero-order chi connectivity index (χ0) is 20.8. The second kappa shape index (κ2) is 9.20. The fraction of sp³-hybridized carbons (Fsp3) is 0.286. The van der Waals surface area contributed by atoms with Crippen molar-refractivity contribution in [3.05, 3.63) is 48.8 Å². The Balaban J connectivity index is 1.90. The fourth-order valence-electron chi connectivity index (χ4n) is 3.00. The maximum Gasteiger partial charge on any atom is 0.411 e. The molecule has 0 aliphatic carbocycles. The molecule has 4 N–H and O–H groups in total. The number of hydrogen-bond acceptors (Lipinski definition) is 7. The number of benzene rings is 1. The highest BCUT2D eigenvalue weighted by molar-refractivity contribution is 5.76. The van der Waals surface area contributed by atoms with Crippen LogP contribution in [-0.4, -0.2) is 28.9 Å². The summed E-state index contributed by atoms with van der Waals surface area (Å²) in [5.41, 5.74) is 13.6. The third kappa shape index (κ3) is 5.55. The summed E-state index contributed by atoms with van der Waals surface area (Å²) < 4.78 is 16.2. The van der Waals surface area contributed by atoms with E-state index in [2.05, 4.69) is 24.0 Å². The van der Waals surface area contributed by atoms with Crippen LogP contribution in [0.5, 0.6) is 11.6 Å². The van der Waals surface area contributed by atoms with Gasteiger partial charge in [0.05, 0.1) is 11.8 Å². The van der Waals surface area contributed by atoms with Crippen LogP contribution < -0.4 is 20.9 Å². The van der Waals surface area contributed by atoms with Gasteiger partial charge >= 0.3 is 6.09 Å². The average Bonchev–Trinajstić information content (AvgIpc) is 3.20. The van der Waals surface area contributed by atoms with E-state index < -0.39 is 6.09 Å². The van der Waals surface area contributed by atoms with Gasteiger partial charge in [0.2, 0.25) is 5.88 Å². The third-order valence-electron chi connectivity index (χ3n) is 4.18. The van der Waals surface area contributed by atoms with Crippen molar-refractivity contribution in [1.82, 2.24) is 10.1 Å². The van der Waals surface area contributed by atoms with Gasteiger partial charge in [-0.25, -0.2) is 9.78 Å². The Morgan fingerprint density at radius 1 is 1.14 bits per heavy atom. The standard InChI is InChI=1S/C21H24N4O4/c1-13(2)9-16(22)12-27-18-4-3-14(10-17(18)19-6-8-25-29-19)15-5-7-24-20(11-15)28-21(23)26/h3-8,10-11,13,16H,9,12,22H2,1-2H3,(H2,23,26)/t16-/m0/s1. The molecule has 1 aromatic carbocycles. The number of carbonyl (C=O) groups is 1. The smallest absolute Gasteiger partial charge is 0.411 e. The van der Waals surface area contributed by atoms with Crippen LogP contribution in [0.3, 0.4) is 0 Å². The molecular weight excluding hydrogens is 372 g/mol. The molecule has 3 aromatic rings. The molecule has 0 fully saturated rings. The van der Waals surface area contributed by atoms with Gasteiger partial charge in [-0.05, 0) is 41.7 Å². The van der Waals surface area contributed by atoms with Crippen LogP contribution in [0.25, 0.3) is 22.5 Å². The summed E-state index contributed by atoms with van der Waals surface area (Å²) in [5, 5.41) is 3.79. The predicted octanol–water partition coefficient (Wildman–Crippen LogP) is 3.61. The Morgan fingerprint density at radius 2 is 1.93 bits per heavy atom. The molecule has 152 valence electrons. The number of pyridine rings is 1. The lowest BCUT2D eigenvalue weighted by Gasteiger charge is -2.17. The molecule has 1 atom stereocenters. The van der Waals surface area contributed by atoms with Crippen molar-refractivity contribution in [2.45, 2.75) is 26.3 Å². The molecule has 3 rings (SSSR count). The third-order valence-corrected chi connectivity index (χ3v) is 4.18. The molecule has 2 aromatic heterocycles. The van der Waals surface area contributed by atoms with Crippen molar-refractivity contribution in [3.8, 4) is 34.1 Å². The topological polar surface area (TPSA) is 126 Å². The molecule has 0 saturated heterocycles. The van der Waals surface area contributed by atoms with Crippen LogP contribution in [0.4, 0.5) is 4.79 Å². The van der Waals surface area contributed by atoms with Crippen LogP contribution in [0.2, 0.25) is 0 Å². The molecule has 0 aliphatic heterocycles. The number of nitrogens with two attached hydrogens (primary N) is 2. The van der Waals surface area contributed by atoms with E-state index in [1.807, 2.05) is 18.2 Å². The normalized spacial score (nSPS) is 12.0. The van der Waals surface area contributed by atoms with Crippen LogP contribution in [-0.2, 0) is 0 Å². The molecule has 0 unspecified atom stereocenters. The highest BCUT2D eigenvalue weighted by Gasteiger charge is 2.15. The molecular formula is C21H24N4O4. The Bertz CT molecular complexity index is 957. The second-order valence-electron chi connectivity index (χ2n) is 7.09. The number of rotatable bonds is 8. The number of carbonyl (C=O) groups excluding carboxylic acids is 1.